The zero-order valence-corrected chi connectivity index (χ0v) is 12.7. The maximum atomic E-state index is 12.1. The summed E-state index contributed by atoms with van der Waals surface area (Å²) < 4.78 is 5.15. The zero-order chi connectivity index (χ0) is 15.3. The predicted octanol–water partition coefficient (Wildman–Crippen LogP) is 2.03. The highest BCUT2D eigenvalue weighted by Crippen LogP contribution is 2.19. The molecule has 2 amide bonds. The maximum Gasteiger partial charge on any atom is 0.256 e. The third-order valence-corrected chi connectivity index (χ3v) is 3.27. The number of nitrogens with zero attached hydrogens (tertiary/aromatic N) is 1. The average molecular weight is 278 g/mol. The summed E-state index contributed by atoms with van der Waals surface area (Å²) in [4.78, 5) is 25.0. The van der Waals surface area contributed by atoms with Crippen LogP contribution in [0.15, 0.2) is 24.3 Å². The molecule has 1 rings (SSSR count). The van der Waals surface area contributed by atoms with E-state index in [0.29, 0.717) is 12.2 Å². The highest BCUT2D eigenvalue weighted by Gasteiger charge is 2.27. The zero-order valence-electron chi connectivity index (χ0n) is 12.7. The van der Waals surface area contributed by atoms with Crippen LogP contribution in [-0.2, 0) is 20.9 Å². The van der Waals surface area contributed by atoms with Crippen molar-refractivity contribution in [3.05, 3.63) is 29.8 Å². The number of hydrogen-bond donors (Lipinski definition) is 1. The Morgan fingerprint density at radius 1 is 1.30 bits per heavy atom. The molecule has 0 bridgehead atoms. The van der Waals surface area contributed by atoms with E-state index >= 15 is 0 Å². The molecule has 0 heterocycles. The molecule has 0 aromatic heterocycles. The van der Waals surface area contributed by atoms with Gasteiger partial charge in [0.15, 0.2) is 0 Å². The summed E-state index contributed by atoms with van der Waals surface area (Å²) in [5, 5.41) is 2.84. The van der Waals surface area contributed by atoms with E-state index in [1.165, 1.54) is 14.0 Å². The van der Waals surface area contributed by atoms with Gasteiger partial charge in [-0.15, -0.1) is 0 Å². The molecular formula is C15H22N2O3. The number of benzene rings is 1. The highest BCUT2D eigenvalue weighted by atomic mass is 16.5. The number of amides is 2. The van der Waals surface area contributed by atoms with Gasteiger partial charge < -0.3 is 15.0 Å². The number of methoxy groups -OCH3 is 1. The summed E-state index contributed by atoms with van der Waals surface area (Å²) in [6.45, 7) is 5.35. The summed E-state index contributed by atoms with van der Waals surface area (Å²) in [5.41, 5.74) is 0.667. The van der Waals surface area contributed by atoms with Gasteiger partial charge in [-0.1, -0.05) is 18.2 Å². The summed E-state index contributed by atoms with van der Waals surface area (Å²) in [6, 6.07) is 7.41. The van der Waals surface area contributed by atoms with Gasteiger partial charge >= 0.3 is 0 Å². The van der Waals surface area contributed by atoms with Crippen LogP contribution in [-0.4, -0.2) is 36.5 Å². The van der Waals surface area contributed by atoms with Gasteiger partial charge in [0.2, 0.25) is 5.91 Å². The molecule has 110 valence electrons. The SMILES string of the molecule is COC(C)(C)C(=O)Nc1ccccc1CN(C)C(C)=O. The monoisotopic (exact) mass is 278 g/mol. The van der Waals surface area contributed by atoms with E-state index in [-0.39, 0.29) is 11.8 Å². The van der Waals surface area contributed by atoms with Gasteiger partial charge in [0.25, 0.3) is 5.91 Å². The fourth-order valence-electron chi connectivity index (χ4n) is 1.51. The van der Waals surface area contributed by atoms with Crippen LogP contribution in [0.5, 0.6) is 0 Å². The van der Waals surface area contributed by atoms with Crippen LogP contribution >= 0.6 is 0 Å². The molecule has 1 aromatic rings. The minimum atomic E-state index is -0.903. The lowest BCUT2D eigenvalue weighted by molar-refractivity contribution is -0.133. The van der Waals surface area contributed by atoms with Crippen LogP contribution < -0.4 is 5.32 Å². The molecule has 0 radical (unpaired) electrons. The van der Waals surface area contributed by atoms with Crippen molar-refractivity contribution in [1.29, 1.82) is 0 Å². The molecule has 1 N–H and O–H groups in total. The van der Waals surface area contributed by atoms with Crippen molar-refractivity contribution in [3.8, 4) is 0 Å². The fourth-order valence-corrected chi connectivity index (χ4v) is 1.51. The van der Waals surface area contributed by atoms with Crippen molar-refractivity contribution in [2.45, 2.75) is 32.9 Å². The third-order valence-electron chi connectivity index (χ3n) is 3.27. The fraction of sp³-hybridized carbons (Fsp3) is 0.467. The Kier molecular flexibility index (Phi) is 5.27. The normalized spacial score (nSPS) is 11.1. The smallest absolute Gasteiger partial charge is 0.256 e. The van der Waals surface area contributed by atoms with Gasteiger partial charge in [-0.25, -0.2) is 0 Å². The second-order valence-electron chi connectivity index (χ2n) is 5.20. The molecule has 5 heteroatoms. The van der Waals surface area contributed by atoms with Crippen LogP contribution in [0.1, 0.15) is 26.3 Å². The Labute approximate surface area is 119 Å². The Hall–Kier alpha value is -1.88. The molecule has 0 aliphatic rings. The van der Waals surface area contributed by atoms with E-state index in [1.54, 1.807) is 25.8 Å². The summed E-state index contributed by atoms with van der Waals surface area (Å²) >= 11 is 0. The minimum absolute atomic E-state index is 0.0247. The summed E-state index contributed by atoms with van der Waals surface area (Å²) in [5.74, 6) is -0.249. The van der Waals surface area contributed by atoms with E-state index in [4.69, 9.17) is 4.74 Å². The molecule has 0 atom stereocenters. The van der Waals surface area contributed by atoms with Gasteiger partial charge in [-0.2, -0.15) is 0 Å². The van der Waals surface area contributed by atoms with E-state index < -0.39 is 5.60 Å². The van der Waals surface area contributed by atoms with Gasteiger partial charge in [0.1, 0.15) is 5.60 Å². The van der Waals surface area contributed by atoms with Crippen LogP contribution in [0.4, 0.5) is 5.69 Å². The summed E-state index contributed by atoms with van der Waals surface area (Å²) in [7, 11) is 3.22. The number of para-hydroxylation sites is 1. The molecule has 0 aliphatic carbocycles. The predicted molar refractivity (Wildman–Crippen MR) is 78.3 cm³/mol. The molecule has 0 saturated carbocycles. The highest BCUT2D eigenvalue weighted by molar-refractivity contribution is 5.97. The topological polar surface area (TPSA) is 58.6 Å². The Bertz CT molecular complexity index is 498. The molecule has 0 saturated heterocycles. The van der Waals surface area contributed by atoms with E-state index in [2.05, 4.69) is 5.32 Å². The van der Waals surface area contributed by atoms with Gasteiger partial charge in [-0.3, -0.25) is 9.59 Å². The largest absolute Gasteiger partial charge is 0.369 e. The Morgan fingerprint density at radius 3 is 2.45 bits per heavy atom. The molecule has 1 aromatic carbocycles. The second kappa shape index (κ2) is 6.52. The first kappa shape index (κ1) is 16.2. The molecule has 0 unspecified atom stereocenters. The van der Waals surface area contributed by atoms with Crippen molar-refractivity contribution in [3.63, 3.8) is 0 Å². The average Bonchev–Trinajstić information content (AvgIpc) is 2.40. The molecular weight excluding hydrogens is 256 g/mol. The number of nitrogens with one attached hydrogen (secondary N) is 1. The first-order valence-corrected chi connectivity index (χ1v) is 6.44. The molecule has 20 heavy (non-hydrogen) atoms. The van der Waals surface area contributed by atoms with Gasteiger partial charge in [0.05, 0.1) is 0 Å². The van der Waals surface area contributed by atoms with E-state index in [9.17, 15) is 9.59 Å². The van der Waals surface area contributed by atoms with Crippen LogP contribution in [0, 0.1) is 0 Å². The first-order chi connectivity index (χ1) is 9.27. The first-order valence-electron chi connectivity index (χ1n) is 6.44. The van der Waals surface area contributed by atoms with Crippen LogP contribution in [0.3, 0.4) is 0 Å². The number of carbonyl (C=O) groups excluding carboxylic acids is 2. The third kappa shape index (κ3) is 4.06. The molecule has 5 nitrogen and oxygen atoms in total. The lowest BCUT2D eigenvalue weighted by Gasteiger charge is -2.23. The van der Waals surface area contributed by atoms with Gasteiger partial charge in [-0.05, 0) is 25.5 Å². The number of rotatable bonds is 5. The number of hydrogen-bond acceptors (Lipinski definition) is 3. The molecule has 0 fully saturated rings. The Morgan fingerprint density at radius 2 is 1.90 bits per heavy atom. The molecule has 0 spiro atoms. The number of carbonyl (C=O) groups is 2. The second-order valence-corrected chi connectivity index (χ2v) is 5.20. The lowest BCUT2D eigenvalue weighted by atomic mass is 10.1. The van der Waals surface area contributed by atoms with Crippen LogP contribution in [0.2, 0.25) is 0 Å². The van der Waals surface area contributed by atoms with Crippen molar-refractivity contribution >= 4 is 17.5 Å². The number of ether oxygens (including phenoxy) is 1. The van der Waals surface area contributed by atoms with E-state index in [1.807, 2.05) is 24.3 Å². The van der Waals surface area contributed by atoms with Crippen molar-refractivity contribution in [2.24, 2.45) is 0 Å². The van der Waals surface area contributed by atoms with Crippen molar-refractivity contribution in [2.75, 3.05) is 19.5 Å². The Balaban J connectivity index is 2.91. The van der Waals surface area contributed by atoms with Crippen LogP contribution in [0.25, 0.3) is 0 Å². The minimum Gasteiger partial charge on any atom is -0.369 e. The quantitative estimate of drug-likeness (QED) is 0.896. The maximum absolute atomic E-state index is 12.1. The van der Waals surface area contributed by atoms with Crippen molar-refractivity contribution < 1.29 is 14.3 Å². The van der Waals surface area contributed by atoms with Crippen molar-refractivity contribution in [1.82, 2.24) is 4.90 Å². The lowest BCUT2D eigenvalue weighted by Crippen LogP contribution is -2.39. The number of anilines is 1. The molecule has 0 aliphatic heterocycles. The van der Waals surface area contributed by atoms with Gasteiger partial charge in [0, 0.05) is 33.3 Å². The standard InChI is InChI=1S/C15H22N2O3/c1-11(18)17(4)10-12-8-6-7-9-13(12)16-14(19)15(2,3)20-5/h6-9H,10H2,1-5H3,(H,16,19). The van der Waals surface area contributed by atoms with E-state index in [0.717, 1.165) is 5.56 Å². The summed E-state index contributed by atoms with van der Waals surface area (Å²) in [6.07, 6.45) is 0.